The van der Waals surface area contributed by atoms with Gasteiger partial charge in [0.05, 0.1) is 7.11 Å². The van der Waals surface area contributed by atoms with Crippen molar-refractivity contribution in [1.82, 2.24) is 4.90 Å². The number of nitrogens with zero attached hydrogens (tertiary/aromatic N) is 1. The van der Waals surface area contributed by atoms with E-state index in [0.29, 0.717) is 13.0 Å². The lowest BCUT2D eigenvalue weighted by Gasteiger charge is -2.28. The summed E-state index contributed by atoms with van der Waals surface area (Å²) in [4.78, 5) is 25.9. The number of esters is 1. The summed E-state index contributed by atoms with van der Waals surface area (Å²) in [6.45, 7) is 6.11. The Morgan fingerprint density at radius 2 is 1.80 bits per heavy atom. The Morgan fingerprint density at radius 1 is 1.20 bits per heavy atom. The third-order valence-electron chi connectivity index (χ3n) is 4.27. The summed E-state index contributed by atoms with van der Waals surface area (Å²) in [5.41, 5.74) is -0.459. The van der Waals surface area contributed by atoms with E-state index in [-0.39, 0.29) is 11.4 Å². The van der Waals surface area contributed by atoms with Crippen molar-refractivity contribution >= 4 is 12.1 Å². The molecule has 0 radical (unpaired) electrons. The molecule has 5 heteroatoms. The molecule has 0 bridgehead atoms. The van der Waals surface area contributed by atoms with Crippen molar-refractivity contribution in [3.63, 3.8) is 0 Å². The lowest BCUT2D eigenvalue weighted by atomic mass is 9.84. The van der Waals surface area contributed by atoms with Gasteiger partial charge in [-0.1, -0.05) is 12.8 Å². The largest absolute Gasteiger partial charge is 0.467 e. The molecule has 0 aromatic carbocycles. The van der Waals surface area contributed by atoms with Crippen molar-refractivity contribution in [2.24, 2.45) is 5.41 Å². The average Bonchev–Trinajstić information content (AvgIpc) is 2.94. The van der Waals surface area contributed by atoms with E-state index in [9.17, 15) is 9.59 Å². The monoisotopic (exact) mass is 283 g/mol. The maximum absolute atomic E-state index is 12.3. The quantitative estimate of drug-likeness (QED) is 0.694. The van der Waals surface area contributed by atoms with Gasteiger partial charge in [0.25, 0.3) is 0 Å². The molecular weight excluding hydrogens is 258 g/mol. The predicted molar refractivity (Wildman–Crippen MR) is 74.3 cm³/mol. The van der Waals surface area contributed by atoms with Crippen molar-refractivity contribution in [3.8, 4) is 0 Å². The summed E-state index contributed by atoms with van der Waals surface area (Å²) in [7, 11) is 1.37. The molecule has 1 saturated carbocycles. The highest BCUT2D eigenvalue weighted by molar-refractivity contribution is 5.82. The molecular formula is C15H25NO4. The van der Waals surface area contributed by atoms with Crippen molar-refractivity contribution in [2.45, 2.75) is 64.5 Å². The number of ether oxygens (including phenoxy) is 2. The van der Waals surface area contributed by atoms with Crippen LogP contribution in [0.4, 0.5) is 4.79 Å². The predicted octanol–water partition coefficient (Wildman–Crippen LogP) is 2.73. The lowest BCUT2D eigenvalue weighted by molar-refractivity contribution is -0.145. The van der Waals surface area contributed by atoms with E-state index in [1.807, 2.05) is 20.8 Å². The Kier molecular flexibility index (Phi) is 3.98. The number of amides is 1. The second-order valence-corrected chi connectivity index (χ2v) is 7.06. The van der Waals surface area contributed by atoms with Crippen LogP contribution in [0.2, 0.25) is 0 Å². The number of hydrogen-bond acceptors (Lipinski definition) is 4. The van der Waals surface area contributed by atoms with Crippen molar-refractivity contribution < 1.29 is 19.1 Å². The highest BCUT2D eigenvalue weighted by Gasteiger charge is 2.51. The molecule has 0 N–H and O–H groups in total. The Labute approximate surface area is 120 Å². The van der Waals surface area contributed by atoms with Gasteiger partial charge >= 0.3 is 12.1 Å². The normalized spacial score (nSPS) is 25.0. The number of likely N-dealkylation sites (tertiary alicyclic amines) is 1. The fourth-order valence-electron chi connectivity index (χ4n) is 3.40. The minimum atomic E-state index is -0.552. The van der Waals surface area contributed by atoms with Gasteiger partial charge in [-0.3, -0.25) is 4.90 Å². The van der Waals surface area contributed by atoms with Crippen LogP contribution in [0.15, 0.2) is 0 Å². The van der Waals surface area contributed by atoms with E-state index < -0.39 is 17.7 Å². The summed E-state index contributed by atoms with van der Waals surface area (Å²) >= 11 is 0. The van der Waals surface area contributed by atoms with Crippen LogP contribution in [0.1, 0.15) is 52.9 Å². The molecule has 0 unspecified atom stereocenters. The maximum atomic E-state index is 12.3. The number of hydrogen-bond donors (Lipinski definition) is 0. The van der Waals surface area contributed by atoms with Crippen LogP contribution in [0.3, 0.4) is 0 Å². The Balaban J connectivity index is 2.15. The minimum absolute atomic E-state index is 0.0930. The molecule has 0 aromatic heterocycles. The molecule has 1 spiro atoms. The molecule has 114 valence electrons. The summed E-state index contributed by atoms with van der Waals surface area (Å²) in [6, 6.07) is -0.493. The highest BCUT2D eigenvalue weighted by atomic mass is 16.6. The van der Waals surface area contributed by atoms with E-state index in [4.69, 9.17) is 9.47 Å². The van der Waals surface area contributed by atoms with Crippen LogP contribution < -0.4 is 0 Å². The topological polar surface area (TPSA) is 55.8 Å². The van der Waals surface area contributed by atoms with Gasteiger partial charge in [-0.15, -0.1) is 0 Å². The zero-order valence-corrected chi connectivity index (χ0v) is 12.9. The first-order chi connectivity index (χ1) is 9.26. The van der Waals surface area contributed by atoms with Gasteiger partial charge in [-0.2, -0.15) is 0 Å². The van der Waals surface area contributed by atoms with E-state index in [1.54, 1.807) is 4.90 Å². The van der Waals surface area contributed by atoms with Crippen molar-refractivity contribution in [3.05, 3.63) is 0 Å². The highest BCUT2D eigenvalue weighted by Crippen LogP contribution is 2.48. The van der Waals surface area contributed by atoms with Gasteiger partial charge in [0.2, 0.25) is 0 Å². The van der Waals surface area contributed by atoms with Gasteiger partial charge in [-0.05, 0) is 45.4 Å². The van der Waals surface area contributed by atoms with Gasteiger partial charge in [-0.25, -0.2) is 9.59 Å². The van der Waals surface area contributed by atoms with Gasteiger partial charge in [0.15, 0.2) is 0 Å². The molecule has 2 rings (SSSR count). The summed E-state index contributed by atoms with van der Waals surface area (Å²) in [6.07, 6.45) is 4.82. The zero-order chi connectivity index (χ0) is 15.0. The third-order valence-corrected chi connectivity index (χ3v) is 4.27. The van der Waals surface area contributed by atoms with E-state index in [0.717, 1.165) is 12.8 Å². The van der Waals surface area contributed by atoms with Crippen LogP contribution in [0, 0.1) is 5.41 Å². The van der Waals surface area contributed by atoms with E-state index in [2.05, 4.69) is 0 Å². The van der Waals surface area contributed by atoms with Gasteiger partial charge < -0.3 is 9.47 Å². The van der Waals surface area contributed by atoms with Crippen molar-refractivity contribution in [1.29, 1.82) is 0 Å². The molecule has 1 amide bonds. The first-order valence-corrected chi connectivity index (χ1v) is 7.34. The standard InChI is InChI=1S/C15H25NO4/c1-14(2,3)20-13(18)16-10-15(7-5-6-8-15)9-11(16)12(17)19-4/h11H,5-10H2,1-4H3/t11-/m1/s1. The van der Waals surface area contributed by atoms with E-state index in [1.165, 1.54) is 20.0 Å². The Bertz CT molecular complexity index is 393. The molecule has 20 heavy (non-hydrogen) atoms. The number of carbonyl (C=O) groups excluding carboxylic acids is 2. The smallest absolute Gasteiger partial charge is 0.411 e. The van der Waals surface area contributed by atoms with Crippen LogP contribution in [0.25, 0.3) is 0 Å². The molecule has 0 aromatic rings. The molecule has 1 aliphatic carbocycles. The van der Waals surface area contributed by atoms with E-state index >= 15 is 0 Å². The SMILES string of the molecule is COC(=O)[C@H]1CC2(CCCC2)CN1C(=O)OC(C)(C)C. The molecule has 2 fully saturated rings. The van der Waals surface area contributed by atoms with Crippen LogP contribution in [0.5, 0.6) is 0 Å². The summed E-state index contributed by atoms with van der Waals surface area (Å²) in [5, 5.41) is 0. The van der Waals surface area contributed by atoms with Crippen LogP contribution in [-0.2, 0) is 14.3 Å². The maximum Gasteiger partial charge on any atom is 0.411 e. The zero-order valence-electron chi connectivity index (χ0n) is 12.9. The fraction of sp³-hybridized carbons (Fsp3) is 0.867. The van der Waals surface area contributed by atoms with Crippen LogP contribution >= 0.6 is 0 Å². The summed E-state index contributed by atoms with van der Waals surface area (Å²) < 4.78 is 10.3. The molecule has 1 heterocycles. The minimum Gasteiger partial charge on any atom is -0.467 e. The second kappa shape index (κ2) is 5.26. The Morgan fingerprint density at radius 3 is 2.30 bits per heavy atom. The first-order valence-electron chi connectivity index (χ1n) is 7.34. The molecule has 2 aliphatic rings. The molecule has 1 aliphatic heterocycles. The van der Waals surface area contributed by atoms with Gasteiger partial charge in [0.1, 0.15) is 11.6 Å². The number of rotatable bonds is 1. The van der Waals surface area contributed by atoms with Crippen molar-refractivity contribution in [2.75, 3.05) is 13.7 Å². The third kappa shape index (κ3) is 3.07. The molecule has 1 atom stereocenters. The summed E-state index contributed by atoms with van der Waals surface area (Å²) in [5.74, 6) is -0.334. The number of carbonyl (C=O) groups is 2. The molecule has 5 nitrogen and oxygen atoms in total. The first kappa shape index (κ1) is 15.1. The second-order valence-electron chi connectivity index (χ2n) is 7.06. The Hall–Kier alpha value is -1.26. The lowest BCUT2D eigenvalue weighted by Crippen LogP contribution is -2.44. The van der Waals surface area contributed by atoms with Gasteiger partial charge in [0, 0.05) is 6.54 Å². The number of methoxy groups -OCH3 is 1. The fourth-order valence-corrected chi connectivity index (χ4v) is 3.40. The van der Waals surface area contributed by atoms with Crippen LogP contribution in [-0.4, -0.2) is 42.3 Å². The molecule has 1 saturated heterocycles. The average molecular weight is 283 g/mol.